The van der Waals surface area contributed by atoms with Crippen molar-refractivity contribution in [3.8, 4) is 0 Å². The van der Waals surface area contributed by atoms with E-state index in [1.165, 1.54) is 19.2 Å². The van der Waals surface area contributed by atoms with Crippen LogP contribution in [0.4, 0.5) is 0 Å². The van der Waals surface area contributed by atoms with Gasteiger partial charge in [0.1, 0.15) is 5.76 Å². The molecule has 0 amide bonds. The highest BCUT2D eigenvalue weighted by molar-refractivity contribution is 5.86. The van der Waals surface area contributed by atoms with Crippen LogP contribution in [0.25, 0.3) is 0 Å². The van der Waals surface area contributed by atoms with E-state index in [1.807, 2.05) is 0 Å². The number of rotatable bonds is 2. The van der Waals surface area contributed by atoms with E-state index in [1.54, 1.807) is 0 Å². The maximum absolute atomic E-state index is 10.9. The molecule has 1 aliphatic carbocycles. The summed E-state index contributed by atoms with van der Waals surface area (Å²) < 4.78 is 5.23. The van der Waals surface area contributed by atoms with Gasteiger partial charge in [0.25, 0.3) is 0 Å². The lowest BCUT2D eigenvalue weighted by atomic mass is 9.96. The summed E-state index contributed by atoms with van der Waals surface area (Å²) in [7, 11) is 0. The molecule has 1 fully saturated rings. The molecule has 0 aromatic carbocycles. The van der Waals surface area contributed by atoms with Crippen LogP contribution in [0.3, 0.4) is 0 Å². The molecule has 0 bridgehead atoms. The molecule has 0 aliphatic heterocycles. The van der Waals surface area contributed by atoms with Crippen LogP contribution in [0.15, 0.2) is 10.8 Å². The molecule has 1 aliphatic rings. The smallest absolute Gasteiger partial charge is 0.358 e. The molecular formula is C11H15NO3. The van der Waals surface area contributed by atoms with Crippen LogP contribution in [0.2, 0.25) is 0 Å². The topological polar surface area (TPSA) is 63.3 Å². The van der Waals surface area contributed by atoms with Gasteiger partial charge in [0.2, 0.25) is 0 Å². The third-order valence-corrected chi connectivity index (χ3v) is 3.02. The van der Waals surface area contributed by atoms with Gasteiger partial charge in [-0.1, -0.05) is 25.7 Å². The molecule has 2 rings (SSSR count). The van der Waals surface area contributed by atoms with E-state index in [4.69, 9.17) is 9.52 Å². The predicted molar refractivity (Wildman–Crippen MR) is 53.9 cm³/mol. The molecule has 1 saturated carbocycles. The molecule has 1 aromatic rings. The average molecular weight is 209 g/mol. The number of hydrogen-bond donors (Lipinski definition) is 1. The molecule has 0 spiro atoms. The van der Waals surface area contributed by atoms with Crippen LogP contribution in [-0.4, -0.2) is 16.1 Å². The number of aromatic nitrogens is 1. The van der Waals surface area contributed by atoms with Crippen molar-refractivity contribution in [2.75, 3.05) is 0 Å². The lowest BCUT2D eigenvalue weighted by molar-refractivity contribution is 0.0687. The summed E-state index contributed by atoms with van der Waals surface area (Å²) in [6, 6.07) is 0. The van der Waals surface area contributed by atoms with E-state index < -0.39 is 5.97 Å². The average Bonchev–Trinajstić information content (AvgIpc) is 2.55. The summed E-state index contributed by atoms with van der Waals surface area (Å²) in [6.07, 6.45) is 8.09. The second-order valence-corrected chi connectivity index (χ2v) is 4.06. The van der Waals surface area contributed by atoms with E-state index >= 15 is 0 Å². The Bertz CT molecular complexity index is 337. The molecule has 4 heteroatoms. The number of nitrogens with zero attached hydrogens (tertiary/aromatic N) is 1. The van der Waals surface area contributed by atoms with Crippen LogP contribution in [0.1, 0.15) is 60.7 Å². The summed E-state index contributed by atoms with van der Waals surface area (Å²) >= 11 is 0. The second kappa shape index (κ2) is 4.47. The molecule has 1 heterocycles. The van der Waals surface area contributed by atoms with Gasteiger partial charge in [-0.2, -0.15) is 0 Å². The van der Waals surface area contributed by atoms with Crippen LogP contribution < -0.4 is 0 Å². The number of carboxylic acids is 1. The van der Waals surface area contributed by atoms with Crippen molar-refractivity contribution in [1.82, 2.24) is 4.98 Å². The first-order valence-corrected chi connectivity index (χ1v) is 5.45. The lowest BCUT2D eigenvalue weighted by Gasteiger charge is -2.10. The van der Waals surface area contributed by atoms with Gasteiger partial charge in [-0.15, -0.1) is 0 Å². The fourth-order valence-electron chi connectivity index (χ4n) is 2.25. The Morgan fingerprint density at radius 2 is 2.00 bits per heavy atom. The Hall–Kier alpha value is -1.32. The van der Waals surface area contributed by atoms with E-state index in [9.17, 15) is 4.79 Å². The van der Waals surface area contributed by atoms with Gasteiger partial charge in [0.15, 0.2) is 12.1 Å². The molecular weight excluding hydrogens is 194 g/mol. The highest BCUT2D eigenvalue weighted by Gasteiger charge is 2.24. The van der Waals surface area contributed by atoms with Crippen molar-refractivity contribution < 1.29 is 14.3 Å². The largest absolute Gasteiger partial charge is 0.476 e. The zero-order chi connectivity index (χ0) is 10.7. The summed E-state index contributed by atoms with van der Waals surface area (Å²) in [6.45, 7) is 0. The molecule has 82 valence electrons. The van der Waals surface area contributed by atoms with Gasteiger partial charge >= 0.3 is 5.97 Å². The Balaban J connectivity index is 2.19. The third-order valence-electron chi connectivity index (χ3n) is 3.02. The Kier molecular flexibility index (Phi) is 3.04. The van der Waals surface area contributed by atoms with Gasteiger partial charge in [-0.05, 0) is 12.8 Å². The highest BCUT2D eigenvalue weighted by Crippen LogP contribution is 2.33. The van der Waals surface area contributed by atoms with Crippen LogP contribution in [-0.2, 0) is 0 Å². The number of aromatic carboxylic acids is 1. The standard InChI is InChI=1S/C11H15NO3/c13-11(14)9-10(15-7-12-9)8-5-3-1-2-4-6-8/h7-8H,1-6H2,(H,13,14). The zero-order valence-electron chi connectivity index (χ0n) is 8.61. The summed E-state index contributed by atoms with van der Waals surface area (Å²) in [4.78, 5) is 14.6. The minimum atomic E-state index is -0.983. The molecule has 15 heavy (non-hydrogen) atoms. The fourth-order valence-corrected chi connectivity index (χ4v) is 2.25. The minimum Gasteiger partial charge on any atom is -0.476 e. The van der Waals surface area contributed by atoms with Crippen molar-refractivity contribution in [2.45, 2.75) is 44.4 Å². The Labute approximate surface area is 88.3 Å². The van der Waals surface area contributed by atoms with E-state index in [0.29, 0.717) is 5.76 Å². The van der Waals surface area contributed by atoms with Crippen LogP contribution in [0, 0.1) is 0 Å². The molecule has 0 radical (unpaired) electrons. The molecule has 4 nitrogen and oxygen atoms in total. The van der Waals surface area contributed by atoms with Gasteiger partial charge in [0, 0.05) is 5.92 Å². The van der Waals surface area contributed by atoms with Crippen molar-refractivity contribution in [1.29, 1.82) is 0 Å². The van der Waals surface area contributed by atoms with Gasteiger partial charge < -0.3 is 9.52 Å². The molecule has 1 aromatic heterocycles. The van der Waals surface area contributed by atoms with Crippen LogP contribution >= 0.6 is 0 Å². The molecule has 1 N–H and O–H groups in total. The Morgan fingerprint density at radius 3 is 2.60 bits per heavy atom. The molecule has 0 unspecified atom stereocenters. The second-order valence-electron chi connectivity index (χ2n) is 4.06. The summed E-state index contributed by atoms with van der Waals surface area (Å²) in [5.41, 5.74) is 0.0990. The summed E-state index contributed by atoms with van der Waals surface area (Å²) in [5.74, 6) is -0.159. The van der Waals surface area contributed by atoms with Gasteiger partial charge in [-0.25, -0.2) is 9.78 Å². The van der Waals surface area contributed by atoms with Crippen molar-refractivity contribution in [3.05, 3.63) is 17.8 Å². The first-order chi connectivity index (χ1) is 7.29. The SMILES string of the molecule is O=C(O)c1ncoc1C1CCCCCC1. The summed E-state index contributed by atoms with van der Waals surface area (Å²) in [5, 5.41) is 8.93. The van der Waals surface area contributed by atoms with E-state index in [0.717, 1.165) is 25.7 Å². The normalized spacial score (nSPS) is 18.7. The third kappa shape index (κ3) is 2.19. The monoisotopic (exact) mass is 209 g/mol. The van der Waals surface area contributed by atoms with E-state index in [-0.39, 0.29) is 11.6 Å². The van der Waals surface area contributed by atoms with Crippen LogP contribution in [0.5, 0.6) is 0 Å². The maximum atomic E-state index is 10.9. The first-order valence-electron chi connectivity index (χ1n) is 5.45. The maximum Gasteiger partial charge on any atom is 0.358 e. The number of carboxylic acid groups (broad SMARTS) is 1. The zero-order valence-corrected chi connectivity index (χ0v) is 8.61. The highest BCUT2D eigenvalue weighted by atomic mass is 16.4. The first kappa shape index (κ1) is 10.2. The number of hydrogen-bond acceptors (Lipinski definition) is 3. The minimum absolute atomic E-state index is 0.0990. The van der Waals surface area contributed by atoms with Crippen molar-refractivity contribution in [3.63, 3.8) is 0 Å². The van der Waals surface area contributed by atoms with Gasteiger partial charge in [0.05, 0.1) is 0 Å². The van der Waals surface area contributed by atoms with Crippen molar-refractivity contribution in [2.24, 2.45) is 0 Å². The molecule has 0 saturated heterocycles. The van der Waals surface area contributed by atoms with E-state index in [2.05, 4.69) is 4.98 Å². The van der Waals surface area contributed by atoms with Crippen molar-refractivity contribution >= 4 is 5.97 Å². The lowest BCUT2D eigenvalue weighted by Crippen LogP contribution is -2.05. The number of carbonyl (C=O) groups is 1. The van der Waals surface area contributed by atoms with Gasteiger partial charge in [-0.3, -0.25) is 0 Å². The predicted octanol–water partition coefficient (Wildman–Crippen LogP) is 2.81. The molecule has 0 atom stereocenters. The fraction of sp³-hybridized carbons (Fsp3) is 0.636. The quantitative estimate of drug-likeness (QED) is 0.761. The Morgan fingerprint density at radius 1 is 1.33 bits per heavy atom. The number of oxazole rings is 1.